The van der Waals surface area contributed by atoms with E-state index in [1.165, 1.54) is 124 Å². The topological polar surface area (TPSA) is 31.8 Å². The molecule has 0 aliphatic carbocycles. The molecule has 1 aliphatic heterocycles. The minimum atomic E-state index is 1.02. The van der Waals surface area contributed by atoms with Crippen molar-refractivity contribution in [2.45, 2.75) is 190 Å². The second-order valence-corrected chi connectivity index (χ2v) is 16.6. The van der Waals surface area contributed by atoms with Crippen LogP contribution in [-0.2, 0) is 27.7 Å². The Kier molecular flexibility index (Phi) is 26.8. The van der Waals surface area contributed by atoms with Gasteiger partial charge < -0.3 is 5.53 Å². The molecule has 54 heavy (non-hydrogen) atoms. The van der Waals surface area contributed by atoms with Crippen LogP contribution in [0, 0.1) is 0 Å². The zero-order valence-corrected chi connectivity index (χ0v) is 37.4. The Bertz CT molecular complexity index is 1330. The summed E-state index contributed by atoms with van der Waals surface area (Å²) in [6.07, 6.45) is 26.0. The van der Waals surface area contributed by atoms with Gasteiger partial charge in [-0.25, -0.2) is 4.70 Å². The molecule has 0 atom stereocenters. The molecule has 2 aromatic rings. The molecule has 0 aromatic heterocycles. The van der Waals surface area contributed by atoms with E-state index in [0.29, 0.717) is 0 Å². The third kappa shape index (κ3) is 17.4. The molecular formula is C49H82N4Ni. The number of nitrogens with zero attached hydrogens (tertiary/aromatic N) is 4. The van der Waals surface area contributed by atoms with Gasteiger partial charge in [-0.05, 0) is 86.8 Å². The Labute approximate surface area is 341 Å². The van der Waals surface area contributed by atoms with E-state index in [4.69, 9.17) is 0 Å². The summed E-state index contributed by atoms with van der Waals surface area (Å²) in [7, 11) is 0. The molecule has 0 saturated carbocycles. The first-order chi connectivity index (χ1) is 26.4. The van der Waals surface area contributed by atoms with Crippen LogP contribution in [0.2, 0.25) is 0 Å². The molecule has 0 amide bonds. The van der Waals surface area contributed by atoms with Gasteiger partial charge in [0.25, 0.3) is 0 Å². The quantitative estimate of drug-likeness (QED) is 0.0467. The first kappa shape index (κ1) is 48.1. The molecule has 5 heteroatoms. The Hall–Kier alpha value is -2.07. The molecule has 0 unspecified atom stereocenters. The Morgan fingerprint density at radius 3 is 1.41 bits per heavy atom. The van der Waals surface area contributed by atoms with Gasteiger partial charge in [-0.3, -0.25) is 0 Å². The summed E-state index contributed by atoms with van der Waals surface area (Å²) < 4.78 is 6.33. The predicted octanol–water partition coefficient (Wildman–Crippen LogP) is 15.0. The third-order valence-electron chi connectivity index (χ3n) is 10.7. The van der Waals surface area contributed by atoms with Crippen LogP contribution in [0.15, 0.2) is 59.7 Å². The van der Waals surface area contributed by atoms with E-state index in [9.17, 15) is 5.53 Å². The molecule has 1 aliphatic rings. The van der Waals surface area contributed by atoms with Crippen LogP contribution < -0.4 is 0 Å². The van der Waals surface area contributed by atoms with Gasteiger partial charge in [-0.1, -0.05) is 135 Å². The number of aryl methyl sites for hydroxylation is 2. The van der Waals surface area contributed by atoms with E-state index in [1.807, 2.05) is 0 Å². The van der Waals surface area contributed by atoms with Crippen LogP contribution in [0.4, 0.5) is 0 Å². The van der Waals surface area contributed by atoms with Crippen LogP contribution in [0.3, 0.4) is 0 Å². The Morgan fingerprint density at radius 1 is 0.444 bits per heavy atom. The SMILES string of the molecule is CCCCCCCCC1=C(c2cccc(CCCCCCCC)c2)[N+](=[N-])C(c2ccc(CCCCC)cc2)=C1CCCC.CC[N](CC)[Ni][N](CC)CC. The number of unbranched alkanes of at least 4 members (excludes halogenated alkanes) is 13. The number of hydrogen-bond acceptors (Lipinski definition) is 2. The van der Waals surface area contributed by atoms with Crippen molar-refractivity contribution in [3.8, 4) is 0 Å². The summed E-state index contributed by atoms with van der Waals surface area (Å²) in [4.78, 5) is 0. The van der Waals surface area contributed by atoms with Gasteiger partial charge in [0.15, 0.2) is 0 Å². The zero-order valence-electron chi connectivity index (χ0n) is 36.4. The summed E-state index contributed by atoms with van der Waals surface area (Å²) >= 11 is 1.67. The molecule has 0 N–H and O–H groups in total. The van der Waals surface area contributed by atoms with E-state index < -0.39 is 0 Å². The first-order valence-electron chi connectivity index (χ1n) is 22.7. The molecule has 3 rings (SSSR count). The number of rotatable bonds is 29. The third-order valence-corrected chi connectivity index (χ3v) is 12.5. The summed E-state index contributed by atoms with van der Waals surface area (Å²) in [5.74, 6) is 0. The summed E-state index contributed by atoms with van der Waals surface area (Å²) in [5, 5.41) is 0. The average Bonchev–Trinajstić information content (AvgIpc) is 3.48. The van der Waals surface area contributed by atoms with Crippen molar-refractivity contribution < 1.29 is 19.6 Å². The first-order valence-corrected chi connectivity index (χ1v) is 23.5. The van der Waals surface area contributed by atoms with Crippen LogP contribution in [0.5, 0.6) is 0 Å². The maximum absolute atomic E-state index is 12.0. The molecule has 0 spiro atoms. The summed E-state index contributed by atoms with van der Waals surface area (Å²) in [6.45, 7) is 22.4. The minimum absolute atomic E-state index is 1.02. The molecule has 4 nitrogen and oxygen atoms in total. The van der Waals surface area contributed by atoms with Gasteiger partial charge in [0.2, 0.25) is 11.4 Å². The second-order valence-electron chi connectivity index (χ2n) is 15.1. The number of benzene rings is 2. The van der Waals surface area contributed by atoms with E-state index >= 15 is 0 Å². The van der Waals surface area contributed by atoms with Crippen molar-refractivity contribution in [1.82, 2.24) is 7.96 Å². The standard InChI is InChI=1S/C41H62N2.2C4H10N.Ni/c1-5-9-13-15-17-20-24-35-25-22-26-37(33-35)41-39(28-21-18-16-14-10-6-2)38(27-12-8-4)40(43(41)42)36-31-29-34(30-32-36)23-19-11-7-3;2*1-3-5-4-2;/h22,25-26,29-33H,5-21,23-24,27-28H2,1-4H3;2*3-4H2,1-2H3;/q;2*-1;+2. The summed E-state index contributed by atoms with van der Waals surface area (Å²) in [5.41, 5.74) is 21.9. The Balaban J connectivity index is 0.000000793. The van der Waals surface area contributed by atoms with Crippen molar-refractivity contribution in [2.24, 2.45) is 0 Å². The Morgan fingerprint density at radius 2 is 0.870 bits per heavy atom. The molecule has 0 fully saturated rings. The fourth-order valence-electron chi connectivity index (χ4n) is 7.37. The molecule has 308 valence electrons. The maximum atomic E-state index is 12.0. The monoisotopic (exact) mass is 785 g/mol. The number of allylic oxidation sites excluding steroid dienone is 2. The van der Waals surface area contributed by atoms with Gasteiger partial charge >= 0.3 is 76.7 Å². The number of hydrogen-bond donors (Lipinski definition) is 0. The van der Waals surface area contributed by atoms with Gasteiger partial charge in [-0.2, -0.15) is 0 Å². The molecule has 1 heterocycles. The van der Waals surface area contributed by atoms with Crippen LogP contribution >= 0.6 is 0 Å². The van der Waals surface area contributed by atoms with Crippen molar-refractivity contribution in [3.05, 3.63) is 87.5 Å². The van der Waals surface area contributed by atoms with Gasteiger partial charge in [-0.15, -0.1) is 0 Å². The molecule has 0 saturated heterocycles. The molecular weight excluding hydrogens is 703 g/mol. The van der Waals surface area contributed by atoms with Crippen LogP contribution in [-0.4, -0.2) is 38.8 Å². The molecule has 0 bridgehead atoms. The fraction of sp³-hybridized carbons (Fsp3) is 0.673. The molecule has 2 aromatic carbocycles. The van der Waals surface area contributed by atoms with Gasteiger partial charge in [0, 0.05) is 22.3 Å². The second kappa shape index (κ2) is 30.1. The normalized spacial score (nSPS) is 13.2. The van der Waals surface area contributed by atoms with E-state index in [1.54, 1.807) is 19.6 Å². The zero-order chi connectivity index (χ0) is 39.4. The van der Waals surface area contributed by atoms with Crippen molar-refractivity contribution >= 4 is 11.4 Å². The van der Waals surface area contributed by atoms with Gasteiger partial charge in [0.1, 0.15) is 0 Å². The van der Waals surface area contributed by atoms with Gasteiger partial charge in [0.05, 0.1) is 0 Å². The van der Waals surface area contributed by atoms with Crippen molar-refractivity contribution in [3.63, 3.8) is 0 Å². The predicted molar refractivity (Wildman–Crippen MR) is 234 cm³/mol. The fourth-order valence-corrected chi connectivity index (χ4v) is 8.32. The van der Waals surface area contributed by atoms with E-state index in [-0.39, 0.29) is 0 Å². The van der Waals surface area contributed by atoms with Crippen LogP contribution in [0.25, 0.3) is 16.9 Å². The molecule has 0 radical (unpaired) electrons. The van der Waals surface area contributed by atoms with Crippen molar-refractivity contribution in [1.29, 1.82) is 0 Å². The average molecular weight is 786 g/mol. The van der Waals surface area contributed by atoms with E-state index in [0.717, 1.165) is 81.7 Å². The van der Waals surface area contributed by atoms with Crippen molar-refractivity contribution in [2.75, 3.05) is 26.2 Å². The summed E-state index contributed by atoms with van der Waals surface area (Å²) in [6, 6.07) is 18.2. The van der Waals surface area contributed by atoms with Crippen LogP contribution in [0.1, 0.15) is 200 Å². The van der Waals surface area contributed by atoms with E-state index in [2.05, 4.69) is 112 Å².